The molecule has 3 aromatic heterocycles. The smallest absolute Gasteiger partial charge is 0.334 e. The average Bonchev–Trinajstić information content (AvgIpc) is 3.05. The fourth-order valence-electron chi connectivity index (χ4n) is 3.77. The highest BCUT2D eigenvalue weighted by Gasteiger charge is 2.35. The number of fused-ring (bicyclic) bond motifs is 2. The molecule has 0 spiro atoms. The van der Waals surface area contributed by atoms with Crippen molar-refractivity contribution in [3.8, 4) is 0 Å². The lowest BCUT2D eigenvalue weighted by atomic mass is 9.99. The van der Waals surface area contributed by atoms with Gasteiger partial charge < -0.3 is 9.47 Å². The van der Waals surface area contributed by atoms with Gasteiger partial charge in [-0.25, -0.2) is 9.97 Å². The zero-order valence-corrected chi connectivity index (χ0v) is 15.4. The fraction of sp³-hybridized carbons (Fsp3) is 0.421. The Hall–Kier alpha value is -2.68. The molecule has 1 aliphatic rings. The van der Waals surface area contributed by atoms with Crippen LogP contribution in [-0.4, -0.2) is 37.4 Å². The first-order chi connectivity index (χ1) is 13.3. The van der Waals surface area contributed by atoms with Crippen LogP contribution < -0.4 is 5.56 Å². The maximum absolute atomic E-state index is 12.8. The quantitative estimate of drug-likeness (QED) is 0.686. The minimum absolute atomic E-state index is 0.130. The van der Waals surface area contributed by atoms with Crippen molar-refractivity contribution in [2.45, 2.75) is 32.1 Å². The van der Waals surface area contributed by atoms with Gasteiger partial charge in [0, 0.05) is 44.5 Å². The lowest BCUT2D eigenvalue weighted by Gasteiger charge is -2.28. The van der Waals surface area contributed by atoms with E-state index >= 15 is 0 Å². The summed E-state index contributed by atoms with van der Waals surface area (Å²) in [5, 5.41) is 0. The van der Waals surface area contributed by atoms with Crippen molar-refractivity contribution in [3.05, 3.63) is 64.2 Å². The van der Waals surface area contributed by atoms with Gasteiger partial charge in [0.05, 0.1) is 5.69 Å². The Morgan fingerprint density at radius 2 is 2.11 bits per heavy atom. The van der Waals surface area contributed by atoms with E-state index in [4.69, 9.17) is 0 Å². The third kappa shape index (κ3) is 3.80. The summed E-state index contributed by atoms with van der Waals surface area (Å²) >= 11 is 0. The molecule has 0 N–H and O–H groups in total. The van der Waals surface area contributed by atoms with Gasteiger partial charge in [-0.2, -0.15) is 13.2 Å². The molecule has 0 fully saturated rings. The molecule has 0 unspecified atom stereocenters. The second-order valence-electron chi connectivity index (χ2n) is 7.31. The molecule has 0 saturated carbocycles. The zero-order chi connectivity index (χ0) is 19.9. The predicted octanol–water partition coefficient (Wildman–Crippen LogP) is 2.60. The van der Waals surface area contributed by atoms with Crippen molar-refractivity contribution >= 4 is 5.65 Å². The Morgan fingerprint density at radius 3 is 2.89 bits per heavy atom. The molecule has 4 rings (SSSR count). The van der Waals surface area contributed by atoms with Gasteiger partial charge in [0.1, 0.15) is 11.5 Å². The lowest BCUT2D eigenvalue weighted by molar-refractivity contribution is -0.141. The molecule has 0 aliphatic carbocycles. The summed E-state index contributed by atoms with van der Waals surface area (Å²) in [6, 6.07) is 6.91. The Morgan fingerprint density at radius 1 is 1.29 bits per heavy atom. The van der Waals surface area contributed by atoms with Crippen molar-refractivity contribution in [1.29, 1.82) is 0 Å². The zero-order valence-electron chi connectivity index (χ0n) is 15.4. The standard InChI is InChI=1S/C19H20F3N5O/c1-25(11-14-8-18(28)27-7-3-2-4-17(27)23-14)9-13-5-6-16-24-15(19(20,21)22)12-26(16)10-13/h2-4,7-8,12-13H,5-6,9-11H2,1H3/t13-/m0/s1. The van der Waals surface area contributed by atoms with Crippen LogP contribution in [0, 0.1) is 5.92 Å². The number of halogens is 3. The largest absolute Gasteiger partial charge is 0.434 e. The van der Waals surface area contributed by atoms with E-state index < -0.39 is 11.9 Å². The minimum Gasteiger partial charge on any atom is -0.334 e. The lowest BCUT2D eigenvalue weighted by Crippen LogP contribution is -2.32. The van der Waals surface area contributed by atoms with Crippen molar-refractivity contribution < 1.29 is 13.2 Å². The van der Waals surface area contributed by atoms with Crippen molar-refractivity contribution in [1.82, 2.24) is 23.8 Å². The highest BCUT2D eigenvalue weighted by molar-refractivity contribution is 5.37. The fourth-order valence-corrected chi connectivity index (χ4v) is 3.77. The first kappa shape index (κ1) is 18.7. The van der Waals surface area contributed by atoms with Crippen LogP contribution in [0.2, 0.25) is 0 Å². The van der Waals surface area contributed by atoms with Crippen LogP contribution in [0.1, 0.15) is 23.6 Å². The maximum atomic E-state index is 12.8. The molecular weight excluding hydrogens is 371 g/mol. The number of nitrogens with zero attached hydrogens (tertiary/aromatic N) is 5. The maximum Gasteiger partial charge on any atom is 0.434 e. The molecular formula is C19H20F3N5O. The Labute approximate surface area is 159 Å². The third-order valence-electron chi connectivity index (χ3n) is 5.01. The molecule has 3 aromatic rings. The van der Waals surface area contributed by atoms with E-state index in [-0.39, 0.29) is 11.5 Å². The third-order valence-corrected chi connectivity index (χ3v) is 5.01. The number of hydrogen-bond donors (Lipinski definition) is 0. The van der Waals surface area contributed by atoms with Crippen LogP contribution in [0.25, 0.3) is 5.65 Å². The molecule has 1 aliphatic heterocycles. The van der Waals surface area contributed by atoms with Crippen LogP contribution in [-0.2, 0) is 25.7 Å². The first-order valence-corrected chi connectivity index (χ1v) is 9.09. The molecule has 0 radical (unpaired) electrons. The number of hydrogen-bond acceptors (Lipinski definition) is 4. The molecule has 28 heavy (non-hydrogen) atoms. The number of aromatic nitrogens is 4. The number of imidazole rings is 1. The van der Waals surface area contributed by atoms with Gasteiger partial charge in [-0.3, -0.25) is 9.20 Å². The SMILES string of the molecule is CN(Cc1cc(=O)n2ccccc2n1)C[C@@H]1CCc2nc(C(F)(F)F)cn2C1. The molecule has 0 bridgehead atoms. The van der Waals surface area contributed by atoms with Gasteiger partial charge in [0.25, 0.3) is 5.56 Å². The molecule has 1 atom stereocenters. The summed E-state index contributed by atoms with van der Waals surface area (Å²) in [6.07, 6.45) is -0.311. The summed E-state index contributed by atoms with van der Waals surface area (Å²) in [6.45, 7) is 1.72. The van der Waals surface area contributed by atoms with Gasteiger partial charge in [-0.15, -0.1) is 0 Å². The second-order valence-corrected chi connectivity index (χ2v) is 7.31. The van der Waals surface area contributed by atoms with Crippen LogP contribution in [0.5, 0.6) is 0 Å². The predicted molar refractivity (Wildman–Crippen MR) is 96.8 cm³/mol. The molecule has 6 nitrogen and oxygen atoms in total. The molecule has 148 valence electrons. The second kappa shape index (κ2) is 7.05. The summed E-state index contributed by atoms with van der Waals surface area (Å²) in [4.78, 5) is 22.5. The van der Waals surface area contributed by atoms with Crippen LogP contribution in [0.4, 0.5) is 13.2 Å². The van der Waals surface area contributed by atoms with Crippen LogP contribution in [0.15, 0.2) is 41.5 Å². The Bertz CT molecular complexity index is 1060. The Kier molecular flexibility index (Phi) is 4.70. The van der Waals surface area contributed by atoms with E-state index in [0.717, 1.165) is 12.6 Å². The average molecular weight is 391 g/mol. The van der Waals surface area contributed by atoms with Gasteiger partial charge in [0.15, 0.2) is 5.69 Å². The number of aryl methyl sites for hydroxylation is 1. The minimum atomic E-state index is -4.41. The Balaban J connectivity index is 1.43. The van der Waals surface area contributed by atoms with E-state index in [0.29, 0.717) is 43.2 Å². The molecule has 0 saturated heterocycles. The van der Waals surface area contributed by atoms with Gasteiger partial charge >= 0.3 is 6.18 Å². The van der Waals surface area contributed by atoms with Crippen molar-refractivity contribution in [2.24, 2.45) is 5.92 Å². The van der Waals surface area contributed by atoms with E-state index in [1.807, 2.05) is 13.1 Å². The summed E-state index contributed by atoms with van der Waals surface area (Å²) in [5.41, 5.74) is 0.322. The van der Waals surface area contributed by atoms with Gasteiger partial charge in [-0.05, 0) is 31.5 Å². The van der Waals surface area contributed by atoms with Crippen molar-refractivity contribution in [2.75, 3.05) is 13.6 Å². The number of alkyl halides is 3. The summed E-state index contributed by atoms with van der Waals surface area (Å²) < 4.78 is 41.7. The van der Waals surface area contributed by atoms with E-state index in [2.05, 4.69) is 14.9 Å². The van der Waals surface area contributed by atoms with E-state index in [9.17, 15) is 18.0 Å². The highest BCUT2D eigenvalue weighted by atomic mass is 19.4. The van der Waals surface area contributed by atoms with E-state index in [1.54, 1.807) is 22.9 Å². The van der Waals surface area contributed by atoms with Crippen LogP contribution >= 0.6 is 0 Å². The van der Waals surface area contributed by atoms with Crippen molar-refractivity contribution in [3.63, 3.8) is 0 Å². The van der Waals surface area contributed by atoms with Crippen LogP contribution in [0.3, 0.4) is 0 Å². The first-order valence-electron chi connectivity index (χ1n) is 9.09. The highest BCUT2D eigenvalue weighted by Crippen LogP contribution is 2.30. The molecule has 0 amide bonds. The topological polar surface area (TPSA) is 55.4 Å². The monoisotopic (exact) mass is 391 g/mol. The summed E-state index contributed by atoms with van der Waals surface area (Å²) in [7, 11) is 1.93. The van der Waals surface area contributed by atoms with E-state index in [1.165, 1.54) is 10.5 Å². The van der Waals surface area contributed by atoms with Gasteiger partial charge in [-0.1, -0.05) is 6.07 Å². The normalized spacial score (nSPS) is 17.2. The van der Waals surface area contributed by atoms with Gasteiger partial charge in [0.2, 0.25) is 0 Å². The molecule has 0 aromatic carbocycles. The number of pyridine rings is 1. The summed E-state index contributed by atoms with van der Waals surface area (Å²) in [5.74, 6) is 0.713. The number of rotatable bonds is 4. The molecule has 9 heteroatoms. The molecule has 4 heterocycles.